The van der Waals surface area contributed by atoms with Crippen LogP contribution in [-0.2, 0) is 0 Å². The number of halogens is 1. The first-order chi connectivity index (χ1) is 12.6. The number of aromatic nitrogens is 5. The Balaban J connectivity index is 1.49. The maximum atomic E-state index is 12.2. The summed E-state index contributed by atoms with van der Waals surface area (Å²) in [4.78, 5) is 23.8. The van der Waals surface area contributed by atoms with Crippen molar-refractivity contribution < 1.29 is 4.79 Å². The Kier molecular flexibility index (Phi) is 4.02. The number of hydrogen-bond acceptors (Lipinski definition) is 4. The molecule has 26 heavy (non-hydrogen) atoms. The van der Waals surface area contributed by atoms with E-state index in [0.29, 0.717) is 28.2 Å². The van der Waals surface area contributed by atoms with Gasteiger partial charge in [0.2, 0.25) is 0 Å². The van der Waals surface area contributed by atoms with E-state index in [1.807, 2.05) is 31.2 Å². The monoisotopic (exact) mass is 367 g/mol. The number of carbonyl (C=O) groups is 1. The van der Waals surface area contributed by atoms with Crippen molar-refractivity contribution in [2.45, 2.75) is 6.92 Å². The maximum absolute atomic E-state index is 12.2. The highest BCUT2D eigenvalue weighted by Gasteiger charge is 2.11. The number of amides is 2. The average Bonchev–Trinajstić information content (AvgIpc) is 3.24. The Bertz CT molecular complexity index is 1070. The summed E-state index contributed by atoms with van der Waals surface area (Å²) in [5.74, 6) is 1.01. The standard InChI is InChI=1S/C17H14ClN7O/c1-9-8-19-14(18)6-12(9)22-17(26)23-15-7-13(24-25-15)16-20-10-4-2-3-5-11(10)21-16/h2-8H,1H3,(H,20,21)(H3,19,22,23,24,25,26). The molecular formula is C17H14ClN7O. The molecule has 0 aliphatic carbocycles. The third kappa shape index (κ3) is 3.22. The zero-order valence-corrected chi connectivity index (χ0v) is 14.4. The fourth-order valence-corrected chi connectivity index (χ4v) is 2.65. The van der Waals surface area contributed by atoms with Crippen LogP contribution in [0.2, 0.25) is 5.15 Å². The smallest absolute Gasteiger partial charge is 0.324 e. The van der Waals surface area contributed by atoms with Crippen LogP contribution in [0.15, 0.2) is 42.6 Å². The van der Waals surface area contributed by atoms with Gasteiger partial charge < -0.3 is 10.3 Å². The van der Waals surface area contributed by atoms with E-state index in [1.165, 1.54) is 0 Å². The SMILES string of the molecule is Cc1cnc(Cl)cc1NC(=O)Nc1cc(-c2nc3ccccc3[nH]2)[nH]n1. The molecule has 0 aliphatic heterocycles. The summed E-state index contributed by atoms with van der Waals surface area (Å²) in [6, 6.07) is 10.6. The van der Waals surface area contributed by atoms with Gasteiger partial charge in [0.05, 0.1) is 11.0 Å². The lowest BCUT2D eigenvalue weighted by Crippen LogP contribution is -2.20. The molecule has 0 bridgehead atoms. The van der Waals surface area contributed by atoms with E-state index >= 15 is 0 Å². The predicted molar refractivity (Wildman–Crippen MR) is 100 cm³/mol. The maximum Gasteiger partial charge on any atom is 0.324 e. The van der Waals surface area contributed by atoms with Gasteiger partial charge in [-0.3, -0.25) is 10.4 Å². The second kappa shape index (κ2) is 6.49. The second-order valence-electron chi connectivity index (χ2n) is 5.67. The number of benzene rings is 1. The van der Waals surface area contributed by atoms with Gasteiger partial charge in [-0.1, -0.05) is 23.7 Å². The minimum Gasteiger partial charge on any atom is -0.337 e. The summed E-state index contributed by atoms with van der Waals surface area (Å²) in [7, 11) is 0. The number of para-hydroxylation sites is 2. The van der Waals surface area contributed by atoms with Crippen LogP contribution in [0.4, 0.5) is 16.3 Å². The third-order valence-electron chi connectivity index (χ3n) is 3.78. The highest BCUT2D eigenvalue weighted by molar-refractivity contribution is 6.29. The molecule has 0 atom stereocenters. The van der Waals surface area contributed by atoms with Gasteiger partial charge in [0.1, 0.15) is 10.8 Å². The molecule has 0 spiro atoms. The first-order valence-corrected chi connectivity index (χ1v) is 8.17. The Labute approximate surface area is 153 Å². The van der Waals surface area contributed by atoms with Gasteiger partial charge in [0.15, 0.2) is 11.6 Å². The number of fused-ring (bicyclic) bond motifs is 1. The quantitative estimate of drug-likeness (QED) is 0.411. The molecule has 0 aliphatic rings. The number of nitrogens with one attached hydrogen (secondary N) is 4. The lowest BCUT2D eigenvalue weighted by Gasteiger charge is -2.08. The van der Waals surface area contributed by atoms with Crippen molar-refractivity contribution in [1.82, 2.24) is 25.1 Å². The Morgan fingerprint density at radius 1 is 1.19 bits per heavy atom. The van der Waals surface area contributed by atoms with E-state index in [1.54, 1.807) is 18.3 Å². The lowest BCUT2D eigenvalue weighted by molar-refractivity contribution is 0.262. The van der Waals surface area contributed by atoms with Crippen LogP contribution in [0.1, 0.15) is 5.56 Å². The van der Waals surface area contributed by atoms with Crippen LogP contribution < -0.4 is 10.6 Å². The molecule has 3 heterocycles. The van der Waals surface area contributed by atoms with Crippen molar-refractivity contribution in [3.05, 3.63) is 53.3 Å². The zero-order valence-electron chi connectivity index (χ0n) is 13.7. The minimum absolute atomic E-state index is 0.304. The number of carbonyl (C=O) groups excluding carboxylic acids is 1. The van der Waals surface area contributed by atoms with Gasteiger partial charge in [0.25, 0.3) is 0 Å². The molecule has 3 aromatic heterocycles. The molecule has 9 heteroatoms. The summed E-state index contributed by atoms with van der Waals surface area (Å²) in [5.41, 5.74) is 3.83. The molecule has 0 fully saturated rings. The van der Waals surface area contributed by atoms with E-state index in [0.717, 1.165) is 16.6 Å². The van der Waals surface area contributed by atoms with Crippen molar-refractivity contribution >= 4 is 40.2 Å². The summed E-state index contributed by atoms with van der Waals surface area (Å²) >= 11 is 5.85. The van der Waals surface area contributed by atoms with Gasteiger partial charge in [-0.15, -0.1) is 0 Å². The number of urea groups is 1. The fraction of sp³-hybridized carbons (Fsp3) is 0.0588. The molecule has 4 rings (SSSR count). The molecule has 4 aromatic rings. The highest BCUT2D eigenvalue weighted by Crippen LogP contribution is 2.21. The van der Waals surface area contributed by atoms with E-state index in [-0.39, 0.29) is 0 Å². The number of pyridine rings is 1. The minimum atomic E-state index is -0.432. The first-order valence-electron chi connectivity index (χ1n) is 7.79. The van der Waals surface area contributed by atoms with E-state index in [4.69, 9.17) is 11.6 Å². The number of imidazole rings is 1. The molecule has 130 valence electrons. The zero-order chi connectivity index (χ0) is 18.1. The molecule has 1 aromatic carbocycles. The summed E-state index contributed by atoms with van der Waals surface area (Å²) in [6.45, 7) is 1.83. The van der Waals surface area contributed by atoms with Gasteiger partial charge in [-0.2, -0.15) is 5.10 Å². The van der Waals surface area contributed by atoms with Crippen molar-refractivity contribution in [2.75, 3.05) is 10.6 Å². The molecule has 2 amide bonds. The number of rotatable bonds is 3. The summed E-state index contributed by atoms with van der Waals surface area (Å²) in [5, 5.41) is 12.6. The lowest BCUT2D eigenvalue weighted by atomic mass is 10.2. The topological polar surface area (TPSA) is 111 Å². The molecule has 4 N–H and O–H groups in total. The predicted octanol–water partition coefficient (Wildman–Crippen LogP) is 3.95. The number of anilines is 2. The number of aryl methyl sites for hydroxylation is 1. The number of nitrogens with zero attached hydrogens (tertiary/aromatic N) is 3. The van der Waals surface area contributed by atoms with Crippen LogP contribution in [0.5, 0.6) is 0 Å². The molecule has 0 saturated heterocycles. The first kappa shape index (κ1) is 16.1. The van der Waals surface area contributed by atoms with E-state index in [9.17, 15) is 4.79 Å². The largest absolute Gasteiger partial charge is 0.337 e. The Morgan fingerprint density at radius 2 is 2.04 bits per heavy atom. The van der Waals surface area contributed by atoms with Gasteiger partial charge in [-0.05, 0) is 30.7 Å². The molecule has 8 nitrogen and oxygen atoms in total. The highest BCUT2D eigenvalue weighted by atomic mass is 35.5. The van der Waals surface area contributed by atoms with Crippen LogP contribution in [0, 0.1) is 6.92 Å². The van der Waals surface area contributed by atoms with Crippen LogP contribution in [-0.4, -0.2) is 31.2 Å². The van der Waals surface area contributed by atoms with Crippen molar-refractivity contribution in [1.29, 1.82) is 0 Å². The van der Waals surface area contributed by atoms with Gasteiger partial charge in [-0.25, -0.2) is 14.8 Å². The number of H-pyrrole nitrogens is 2. The molecular weight excluding hydrogens is 354 g/mol. The normalized spacial score (nSPS) is 10.8. The third-order valence-corrected chi connectivity index (χ3v) is 3.99. The molecule has 0 saturated carbocycles. The fourth-order valence-electron chi connectivity index (χ4n) is 2.49. The second-order valence-corrected chi connectivity index (χ2v) is 6.06. The van der Waals surface area contributed by atoms with Gasteiger partial charge in [0, 0.05) is 18.0 Å². The van der Waals surface area contributed by atoms with Crippen molar-refractivity contribution in [2.24, 2.45) is 0 Å². The number of aromatic amines is 2. The van der Waals surface area contributed by atoms with E-state index in [2.05, 4.69) is 35.8 Å². The van der Waals surface area contributed by atoms with Crippen LogP contribution in [0.25, 0.3) is 22.6 Å². The summed E-state index contributed by atoms with van der Waals surface area (Å²) < 4.78 is 0. The van der Waals surface area contributed by atoms with Crippen LogP contribution in [0.3, 0.4) is 0 Å². The number of hydrogen-bond donors (Lipinski definition) is 4. The van der Waals surface area contributed by atoms with Crippen LogP contribution >= 0.6 is 11.6 Å². The summed E-state index contributed by atoms with van der Waals surface area (Å²) in [6.07, 6.45) is 1.59. The van der Waals surface area contributed by atoms with Crippen molar-refractivity contribution in [3.63, 3.8) is 0 Å². The van der Waals surface area contributed by atoms with E-state index < -0.39 is 6.03 Å². The van der Waals surface area contributed by atoms with Gasteiger partial charge >= 0.3 is 6.03 Å². The molecule has 0 unspecified atom stereocenters. The molecule has 0 radical (unpaired) electrons. The Hall–Kier alpha value is -3.39. The average molecular weight is 368 g/mol. The van der Waals surface area contributed by atoms with Crippen molar-refractivity contribution in [3.8, 4) is 11.5 Å². The Morgan fingerprint density at radius 3 is 2.88 bits per heavy atom.